The topological polar surface area (TPSA) is 60.4 Å². The molecule has 198 valence electrons. The molecule has 0 saturated heterocycles. The molecule has 5 aliphatic rings. The van der Waals surface area contributed by atoms with Gasteiger partial charge in [-0.2, -0.15) is 0 Å². The Bertz CT molecular complexity index is 1110. The molecule has 0 aromatic heterocycles. The van der Waals surface area contributed by atoms with E-state index >= 15 is 0 Å². The second kappa shape index (κ2) is 8.02. The molecule has 5 heteroatoms. The van der Waals surface area contributed by atoms with E-state index in [0.29, 0.717) is 21.3 Å². The zero-order valence-electron chi connectivity index (χ0n) is 23.3. The van der Waals surface area contributed by atoms with Gasteiger partial charge in [0.1, 0.15) is 5.41 Å². The lowest BCUT2D eigenvalue weighted by molar-refractivity contribution is -0.184. The number of hydrogen-bond donors (Lipinski definition) is 0. The average Bonchev–Trinajstić information content (AvgIpc) is 2.81. The lowest BCUT2D eigenvalue weighted by Crippen LogP contribution is -2.67. The highest BCUT2D eigenvalue weighted by atomic mass is 127. The minimum absolute atomic E-state index is 0.0720. The number of fused-ring (bicyclic) bond motifs is 7. The van der Waals surface area contributed by atoms with Gasteiger partial charge in [0.2, 0.25) is 0 Å². The van der Waals surface area contributed by atoms with Crippen LogP contribution in [0.3, 0.4) is 0 Å². The standard InChI is InChI=1S/C31H43IO4/c1-17-9-11-27(3)13-14-29(5)19(23(27)18(17)2)15-21(33)24-28(4)16-20(32)25(34)31(7,26(35)36-8)22(28)10-12-30(24,29)6/h15-18,22-24H,9-14H2,1-8H3/t17-,18+,22-,23+,24-,27-,28+,29-,30-,31-/m1/s1. The van der Waals surface area contributed by atoms with Gasteiger partial charge in [-0.15, -0.1) is 0 Å². The maximum absolute atomic E-state index is 14.4. The van der Waals surface area contributed by atoms with E-state index in [-0.39, 0.29) is 39.6 Å². The van der Waals surface area contributed by atoms with Crippen molar-refractivity contribution in [2.45, 2.75) is 87.0 Å². The van der Waals surface area contributed by atoms with Crippen molar-refractivity contribution in [1.82, 2.24) is 0 Å². The van der Waals surface area contributed by atoms with Crippen molar-refractivity contribution in [3.63, 3.8) is 0 Å². The van der Waals surface area contributed by atoms with Crippen LogP contribution in [0.4, 0.5) is 0 Å². The molecule has 0 aliphatic heterocycles. The normalized spacial score (nSPS) is 52.2. The summed E-state index contributed by atoms with van der Waals surface area (Å²) in [5.74, 6) is 0.709. The third-order valence-electron chi connectivity index (χ3n) is 12.8. The van der Waals surface area contributed by atoms with Crippen molar-refractivity contribution in [2.75, 3.05) is 7.11 Å². The summed E-state index contributed by atoms with van der Waals surface area (Å²) in [6.07, 6.45) is 10.5. The fraction of sp³-hybridized carbons (Fsp3) is 0.774. The molecule has 5 rings (SSSR count). The molecule has 3 fully saturated rings. The second-order valence-electron chi connectivity index (χ2n) is 14.2. The van der Waals surface area contributed by atoms with Crippen molar-refractivity contribution < 1.29 is 19.1 Å². The van der Waals surface area contributed by atoms with E-state index in [4.69, 9.17) is 4.74 Å². The zero-order valence-corrected chi connectivity index (χ0v) is 25.5. The van der Waals surface area contributed by atoms with Gasteiger partial charge in [0.05, 0.1) is 10.7 Å². The van der Waals surface area contributed by atoms with Crippen LogP contribution in [-0.2, 0) is 19.1 Å². The molecule has 36 heavy (non-hydrogen) atoms. The number of ether oxygens (including phenoxy) is 1. The number of rotatable bonds is 1. The van der Waals surface area contributed by atoms with E-state index in [9.17, 15) is 14.4 Å². The van der Waals surface area contributed by atoms with Crippen LogP contribution in [-0.4, -0.2) is 24.6 Å². The summed E-state index contributed by atoms with van der Waals surface area (Å²) in [6, 6.07) is 0. The molecule has 4 nitrogen and oxygen atoms in total. The Morgan fingerprint density at radius 1 is 1.00 bits per heavy atom. The molecular weight excluding hydrogens is 563 g/mol. The fourth-order valence-corrected chi connectivity index (χ4v) is 11.5. The van der Waals surface area contributed by atoms with Gasteiger partial charge in [0, 0.05) is 11.3 Å². The average molecular weight is 607 g/mol. The molecule has 3 saturated carbocycles. The highest BCUT2D eigenvalue weighted by Crippen LogP contribution is 2.74. The van der Waals surface area contributed by atoms with Crippen LogP contribution in [0.25, 0.3) is 0 Å². The Hall–Kier alpha value is -0.980. The number of carbonyl (C=O) groups excluding carboxylic acids is 3. The predicted molar refractivity (Wildman–Crippen MR) is 149 cm³/mol. The summed E-state index contributed by atoms with van der Waals surface area (Å²) >= 11 is 2.08. The van der Waals surface area contributed by atoms with Crippen LogP contribution < -0.4 is 0 Å². The zero-order chi connectivity index (χ0) is 26.6. The first kappa shape index (κ1) is 26.6. The van der Waals surface area contributed by atoms with E-state index in [1.807, 2.05) is 6.08 Å². The maximum atomic E-state index is 14.4. The lowest BCUT2D eigenvalue weighted by atomic mass is 9.34. The minimum atomic E-state index is -1.26. The van der Waals surface area contributed by atoms with Crippen molar-refractivity contribution >= 4 is 40.1 Å². The maximum Gasteiger partial charge on any atom is 0.319 e. The van der Waals surface area contributed by atoms with Crippen LogP contribution in [0.2, 0.25) is 0 Å². The van der Waals surface area contributed by atoms with Gasteiger partial charge in [-0.1, -0.05) is 53.2 Å². The molecule has 0 aromatic rings. The molecule has 0 bridgehead atoms. The number of hydrogen-bond acceptors (Lipinski definition) is 4. The number of allylic oxidation sites excluding steroid dienone is 4. The van der Waals surface area contributed by atoms with Crippen molar-refractivity contribution in [2.24, 2.45) is 56.7 Å². The summed E-state index contributed by atoms with van der Waals surface area (Å²) in [7, 11) is 1.36. The number of ketones is 2. The highest BCUT2D eigenvalue weighted by molar-refractivity contribution is 14.1. The molecule has 0 radical (unpaired) electrons. The molecule has 5 aliphatic carbocycles. The summed E-state index contributed by atoms with van der Waals surface area (Å²) in [4.78, 5) is 41.0. The monoisotopic (exact) mass is 606 g/mol. The van der Waals surface area contributed by atoms with Gasteiger partial charge >= 0.3 is 5.97 Å². The van der Waals surface area contributed by atoms with E-state index in [2.05, 4.69) is 70.2 Å². The molecule has 0 aromatic carbocycles. The summed E-state index contributed by atoms with van der Waals surface area (Å²) < 4.78 is 5.76. The Kier molecular flexibility index (Phi) is 5.93. The number of Topliss-reactive ketones (excluding diaryl/α,β-unsaturated/α-hetero) is 1. The summed E-state index contributed by atoms with van der Waals surface area (Å²) in [5.41, 5.74) is -0.488. The van der Waals surface area contributed by atoms with Gasteiger partial charge < -0.3 is 4.74 Å². The lowest BCUT2D eigenvalue weighted by Gasteiger charge is -2.69. The third-order valence-corrected chi connectivity index (χ3v) is 13.6. The molecule has 0 amide bonds. The first-order valence-corrected chi connectivity index (χ1v) is 15.0. The first-order chi connectivity index (χ1) is 16.6. The third kappa shape index (κ3) is 3.01. The van der Waals surface area contributed by atoms with Crippen molar-refractivity contribution in [3.05, 3.63) is 21.3 Å². The van der Waals surface area contributed by atoms with E-state index in [1.165, 1.54) is 31.9 Å². The summed E-state index contributed by atoms with van der Waals surface area (Å²) in [5, 5.41) is 0. The number of esters is 1. The van der Waals surface area contributed by atoms with Crippen LogP contribution in [0.1, 0.15) is 87.0 Å². The largest absolute Gasteiger partial charge is 0.468 e. The van der Waals surface area contributed by atoms with Gasteiger partial charge in [-0.05, 0) is 114 Å². The van der Waals surface area contributed by atoms with Crippen molar-refractivity contribution in [3.8, 4) is 0 Å². The molecule has 0 N–H and O–H groups in total. The fourth-order valence-electron chi connectivity index (χ4n) is 10.3. The van der Waals surface area contributed by atoms with Crippen LogP contribution >= 0.6 is 22.6 Å². The second-order valence-corrected chi connectivity index (χ2v) is 15.3. The van der Waals surface area contributed by atoms with Gasteiger partial charge in [0.15, 0.2) is 11.6 Å². The predicted octanol–water partition coefficient (Wildman–Crippen LogP) is 7.10. The number of methoxy groups -OCH3 is 1. The summed E-state index contributed by atoms with van der Waals surface area (Å²) in [6.45, 7) is 16.0. The molecule has 0 heterocycles. The quantitative estimate of drug-likeness (QED) is 0.182. The molecule has 10 atom stereocenters. The Labute approximate surface area is 230 Å². The Balaban J connectivity index is 1.69. The van der Waals surface area contributed by atoms with E-state index < -0.39 is 16.8 Å². The highest BCUT2D eigenvalue weighted by Gasteiger charge is 2.71. The van der Waals surface area contributed by atoms with Gasteiger partial charge in [0.25, 0.3) is 0 Å². The number of carbonyl (C=O) groups is 3. The van der Waals surface area contributed by atoms with Crippen LogP contribution in [0, 0.1) is 56.7 Å². The van der Waals surface area contributed by atoms with E-state index in [0.717, 1.165) is 19.3 Å². The molecule has 0 spiro atoms. The first-order valence-electron chi connectivity index (χ1n) is 13.9. The SMILES string of the molecule is COC(=O)[C@@]1(C)C(=O)C(I)=C[C@]2(C)[C@H]3C(=O)C=C4[C@@H]5[C@@H](C)[C@H](C)CC[C@]5(C)CC[C@@]4(C)[C@]3(C)CC[C@@H]12. The minimum Gasteiger partial charge on any atom is -0.468 e. The Morgan fingerprint density at radius 2 is 1.67 bits per heavy atom. The van der Waals surface area contributed by atoms with Gasteiger partial charge in [-0.3, -0.25) is 14.4 Å². The smallest absolute Gasteiger partial charge is 0.319 e. The van der Waals surface area contributed by atoms with Crippen LogP contribution in [0.5, 0.6) is 0 Å². The van der Waals surface area contributed by atoms with Crippen LogP contribution in [0.15, 0.2) is 21.3 Å². The van der Waals surface area contributed by atoms with Gasteiger partial charge in [-0.25, -0.2) is 0 Å². The van der Waals surface area contributed by atoms with E-state index in [1.54, 1.807) is 6.92 Å². The molecule has 0 unspecified atom stereocenters. The Morgan fingerprint density at radius 3 is 2.31 bits per heavy atom. The number of halogens is 1. The molecular formula is C31H43IO4. The van der Waals surface area contributed by atoms with Crippen molar-refractivity contribution in [1.29, 1.82) is 0 Å².